The van der Waals surface area contributed by atoms with Gasteiger partial charge in [-0.3, -0.25) is 9.59 Å². The Morgan fingerprint density at radius 3 is 2.43 bits per heavy atom. The zero-order valence-electron chi connectivity index (χ0n) is 17.4. The monoisotopic (exact) mass is 382 g/mol. The molecule has 0 heterocycles. The third-order valence-corrected chi connectivity index (χ3v) is 4.83. The first kappa shape index (κ1) is 21.5. The summed E-state index contributed by atoms with van der Waals surface area (Å²) in [6.45, 7) is 10.4. The van der Waals surface area contributed by atoms with Crippen molar-refractivity contribution in [2.75, 3.05) is 13.2 Å². The quantitative estimate of drug-likeness (QED) is 0.760. The summed E-state index contributed by atoms with van der Waals surface area (Å²) < 4.78 is 5.85. The van der Waals surface area contributed by atoms with Crippen molar-refractivity contribution >= 4 is 11.8 Å². The number of benzene rings is 2. The summed E-state index contributed by atoms with van der Waals surface area (Å²) in [6.07, 6.45) is 0. The number of rotatable bonds is 8. The normalized spacial score (nSPS) is 11.6. The Morgan fingerprint density at radius 1 is 1.11 bits per heavy atom. The molecule has 2 aromatic carbocycles. The SMILES string of the molecule is CCNC(=O)[C@@H](C)N(Cc1ccccc1)C(=O)COc1cc(C)cc(C)c1C. The lowest BCUT2D eigenvalue weighted by molar-refractivity contribution is -0.142. The molecule has 0 spiro atoms. The number of nitrogens with one attached hydrogen (secondary N) is 1. The molecule has 0 radical (unpaired) electrons. The highest BCUT2D eigenvalue weighted by Gasteiger charge is 2.26. The summed E-state index contributed by atoms with van der Waals surface area (Å²) in [5.74, 6) is 0.312. The van der Waals surface area contributed by atoms with E-state index in [0.29, 0.717) is 18.8 Å². The lowest BCUT2D eigenvalue weighted by atomic mass is 10.1. The van der Waals surface area contributed by atoms with Gasteiger partial charge in [-0.05, 0) is 62.9 Å². The number of amides is 2. The Labute approximate surface area is 167 Å². The summed E-state index contributed by atoms with van der Waals surface area (Å²) >= 11 is 0. The van der Waals surface area contributed by atoms with E-state index in [1.807, 2.05) is 64.1 Å². The molecule has 0 saturated heterocycles. The Kier molecular flexibility index (Phi) is 7.61. The Bertz CT molecular complexity index is 818. The van der Waals surface area contributed by atoms with Crippen molar-refractivity contribution in [3.63, 3.8) is 0 Å². The van der Waals surface area contributed by atoms with Crippen LogP contribution >= 0.6 is 0 Å². The summed E-state index contributed by atoms with van der Waals surface area (Å²) in [5, 5.41) is 2.79. The van der Waals surface area contributed by atoms with E-state index in [4.69, 9.17) is 4.74 Å². The first-order valence-electron chi connectivity index (χ1n) is 9.65. The molecule has 0 bridgehead atoms. The van der Waals surface area contributed by atoms with Crippen molar-refractivity contribution in [2.45, 2.75) is 47.2 Å². The number of hydrogen-bond acceptors (Lipinski definition) is 3. The number of carbonyl (C=O) groups excluding carboxylic acids is 2. The second-order valence-corrected chi connectivity index (χ2v) is 7.07. The highest BCUT2D eigenvalue weighted by Crippen LogP contribution is 2.23. The fourth-order valence-electron chi connectivity index (χ4n) is 3.06. The van der Waals surface area contributed by atoms with Gasteiger partial charge in [0.2, 0.25) is 5.91 Å². The van der Waals surface area contributed by atoms with Crippen molar-refractivity contribution in [3.05, 3.63) is 64.7 Å². The number of ether oxygens (including phenoxy) is 1. The zero-order chi connectivity index (χ0) is 20.7. The zero-order valence-corrected chi connectivity index (χ0v) is 17.4. The minimum absolute atomic E-state index is 0.111. The summed E-state index contributed by atoms with van der Waals surface area (Å²) in [6, 6.07) is 13.1. The van der Waals surface area contributed by atoms with Crippen LogP contribution in [0.3, 0.4) is 0 Å². The lowest BCUT2D eigenvalue weighted by Gasteiger charge is -2.28. The predicted octanol–water partition coefficient (Wildman–Crippen LogP) is 3.54. The van der Waals surface area contributed by atoms with Gasteiger partial charge in [-0.15, -0.1) is 0 Å². The largest absolute Gasteiger partial charge is 0.483 e. The highest BCUT2D eigenvalue weighted by atomic mass is 16.5. The number of aryl methyl sites for hydroxylation is 2. The van der Waals surface area contributed by atoms with Crippen LogP contribution in [0.25, 0.3) is 0 Å². The van der Waals surface area contributed by atoms with Crippen molar-refractivity contribution in [1.82, 2.24) is 10.2 Å². The topological polar surface area (TPSA) is 58.6 Å². The fourth-order valence-corrected chi connectivity index (χ4v) is 3.06. The van der Waals surface area contributed by atoms with E-state index >= 15 is 0 Å². The molecular formula is C23H30N2O3. The van der Waals surface area contributed by atoms with E-state index in [1.165, 1.54) is 0 Å². The van der Waals surface area contributed by atoms with Gasteiger partial charge in [0.1, 0.15) is 11.8 Å². The molecule has 1 N–H and O–H groups in total. The van der Waals surface area contributed by atoms with Gasteiger partial charge in [-0.1, -0.05) is 36.4 Å². The highest BCUT2D eigenvalue weighted by molar-refractivity contribution is 5.87. The molecule has 150 valence electrons. The van der Waals surface area contributed by atoms with E-state index in [1.54, 1.807) is 11.8 Å². The van der Waals surface area contributed by atoms with Gasteiger partial charge in [0, 0.05) is 13.1 Å². The third-order valence-electron chi connectivity index (χ3n) is 4.83. The van der Waals surface area contributed by atoms with Crippen LogP contribution in [0.1, 0.15) is 36.1 Å². The van der Waals surface area contributed by atoms with Crippen molar-refractivity contribution in [1.29, 1.82) is 0 Å². The first-order valence-corrected chi connectivity index (χ1v) is 9.65. The molecular weight excluding hydrogens is 352 g/mol. The maximum absolute atomic E-state index is 13.0. The molecule has 28 heavy (non-hydrogen) atoms. The van der Waals surface area contributed by atoms with Crippen LogP contribution in [0.2, 0.25) is 0 Å². The van der Waals surface area contributed by atoms with Crippen LogP contribution < -0.4 is 10.1 Å². The van der Waals surface area contributed by atoms with Gasteiger partial charge in [-0.2, -0.15) is 0 Å². The van der Waals surface area contributed by atoms with Gasteiger partial charge < -0.3 is 15.0 Å². The molecule has 5 heteroatoms. The first-order chi connectivity index (χ1) is 13.3. The van der Waals surface area contributed by atoms with Gasteiger partial charge >= 0.3 is 0 Å². The fraction of sp³-hybridized carbons (Fsp3) is 0.391. The second-order valence-electron chi connectivity index (χ2n) is 7.07. The Balaban J connectivity index is 2.17. The summed E-state index contributed by atoms with van der Waals surface area (Å²) in [5.41, 5.74) is 4.20. The van der Waals surface area contributed by atoms with Crippen molar-refractivity contribution in [2.24, 2.45) is 0 Å². The van der Waals surface area contributed by atoms with Crippen LogP contribution in [0.15, 0.2) is 42.5 Å². The molecule has 0 aromatic heterocycles. The molecule has 2 rings (SSSR count). The van der Waals surface area contributed by atoms with Gasteiger partial charge in [0.05, 0.1) is 0 Å². The molecule has 5 nitrogen and oxygen atoms in total. The maximum Gasteiger partial charge on any atom is 0.261 e. The minimum atomic E-state index is -0.586. The lowest BCUT2D eigenvalue weighted by Crippen LogP contribution is -2.49. The molecule has 1 atom stereocenters. The standard InChI is InChI=1S/C23H30N2O3/c1-6-24-23(27)19(5)25(14-20-10-8-7-9-11-20)22(26)15-28-21-13-16(2)12-17(3)18(21)4/h7-13,19H,6,14-15H2,1-5H3,(H,24,27)/t19-/m1/s1. The minimum Gasteiger partial charge on any atom is -0.483 e. The molecule has 0 fully saturated rings. The number of hydrogen-bond donors (Lipinski definition) is 1. The molecule has 2 aromatic rings. The predicted molar refractivity (Wildman–Crippen MR) is 111 cm³/mol. The number of carbonyl (C=O) groups is 2. The average molecular weight is 383 g/mol. The van der Waals surface area contributed by atoms with E-state index < -0.39 is 6.04 Å². The average Bonchev–Trinajstić information content (AvgIpc) is 2.68. The van der Waals surface area contributed by atoms with Crippen molar-refractivity contribution < 1.29 is 14.3 Å². The van der Waals surface area contributed by atoms with Crippen LogP contribution in [-0.4, -0.2) is 35.9 Å². The smallest absolute Gasteiger partial charge is 0.261 e. The number of likely N-dealkylation sites (N-methyl/N-ethyl adjacent to an activating group) is 1. The van der Waals surface area contributed by atoms with Gasteiger partial charge in [0.15, 0.2) is 6.61 Å². The molecule has 0 aliphatic heterocycles. The van der Waals surface area contributed by atoms with E-state index in [9.17, 15) is 9.59 Å². The number of nitrogens with zero attached hydrogens (tertiary/aromatic N) is 1. The summed E-state index contributed by atoms with van der Waals surface area (Å²) in [4.78, 5) is 26.9. The van der Waals surface area contributed by atoms with E-state index in [2.05, 4.69) is 11.4 Å². The molecule has 2 amide bonds. The van der Waals surface area contributed by atoms with E-state index in [-0.39, 0.29) is 18.4 Å². The Hall–Kier alpha value is -2.82. The molecule has 0 unspecified atom stereocenters. The van der Waals surface area contributed by atoms with Crippen LogP contribution in [-0.2, 0) is 16.1 Å². The molecule has 0 aliphatic carbocycles. The van der Waals surface area contributed by atoms with Crippen LogP contribution in [0.4, 0.5) is 0 Å². The van der Waals surface area contributed by atoms with Gasteiger partial charge in [0.25, 0.3) is 5.91 Å². The van der Waals surface area contributed by atoms with E-state index in [0.717, 1.165) is 22.3 Å². The summed E-state index contributed by atoms with van der Waals surface area (Å²) in [7, 11) is 0. The third kappa shape index (κ3) is 5.59. The van der Waals surface area contributed by atoms with Crippen LogP contribution in [0.5, 0.6) is 5.75 Å². The maximum atomic E-state index is 13.0. The Morgan fingerprint density at radius 2 is 1.79 bits per heavy atom. The second kappa shape index (κ2) is 9.93. The van der Waals surface area contributed by atoms with Crippen LogP contribution in [0, 0.1) is 20.8 Å². The van der Waals surface area contributed by atoms with Gasteiger partial charge in [-0.25, -0.2) is 0 Å². The molecule has 0 saturated carbocycles. The molecule has 0 aliphatic rings. The van der Waals surface area contributed by atoms with Crippen molar-refractivity contribution in [3.8, 4) is 5.75 Å².